The largest absolute Gasteiger partial charge is 0.496 e. The Morgan fingerprint density at radius 3 is 2.69 bits per heavy atom. The van der Waals surface area contributed by atoms with Crippen LogP contribution in [0.15, 0.2) is 48.7 Å². The molecule has 2 aromatic carbocycles. The summed E-state index contributed by atoms with van der Waals surface area (Å²) in [6, 6.07) is 11.3. The Morgan fingerprint density at radius 2 is 1.96 bits per heavy atom. The quantitative estimate of drug-likeness (QED) is 0.714. The maximum atomic E-state index is 14.0. The number of nitrogens with one attached hydrogen (secondary N) is 1. The topological polar surface area (TPSA) is 39.1 Å². The van der Waals surface area contributed by atoms with Gasteiger partial charge in [-0.2, -0.15) is 5.10 Å². The smallest absolute Gasteiger partial charge is 0.151 e. The third-order valence-corrected chi connectivity index (χ3v) is 4.44. The summed E-state index contributed by atoms with van der Waals surface area (Å²) in [6.45, 7) is 4.51. The second kappa shape index (κ2) is 7.66. The molecule has 3 aromatic rings. The molecule has 1 aromatic heterocycles. The standard InChI is InChI=1S/C20H21F2N3O/c1-13(23-11-15-6-4-5-7-20(15)26-3)17-12-24-25(14(17)2)19-9-8-16(21)10-18(19)22/h4-10,12-13,23H,11H2,1-3H3/t13-/m1/s1. The van der Waals surface area contributed by atoms with E-state index in [4.69, 9.17) is 4.74 Å². The van der Waals surface area contributed by atoms with E-state index in [2.05, 4.69) is 10.4 Å². The van der Waals surface area contributed by atoms with Crippen molar-refractivity contribution in [3.63, 3.8) is 0 Å². The van der Waals surface area contributed by atoms with Crippen molar-refractivity contribution < 1.29 is 13.5 Å². The molecule has 0 saturated heterocycles. The number of aromatic nitrogens is 2. The van der Waals surface area contributed by atoms with E-state index in [9.17, 15) is 8.78 Å². The van der Waals surface area contributed by atoms with Gasteiger partial charge in [0.1, 0.15) is 17.3 Å². The molecule has 1 N–H and O–H groups in total. The molecule has 0 fully saturated rings. The van der Waals surface area contributed by atoms with Crippen LogP contribution in [0.5, 0.6) is 5.75 Å². The van der Waals surface area contributed by atoms with E-state index in [1.54, 1.807) is 13.3 Å². The molecule has 26 heavy (non-hydrogen) atoms. The summed E-state index contributed by atoms with van der Waals surface area (Å²) >= 11 is 0. The van der Waals surface area contributed by atoms with Crippen LogP contribution in [-0.2, 0) is 6.54 Å². The third kappa shape index (κ3) is 3.60. The Labute approximate surface area is 151 Å². The number of ether oxygens (including phenoxy) is 1. The van der Waals surface area contributed by atoms with Gasteiger partial charge in [-0.3, -0.25) is 0 Å². The van der Waals surface area contributed by atoms with Crippen LogP contribution in [0.3, 0.4) is 0 Å². The molecular formula is C20H21F2N3O. The highest BCUT2D eigenvalue weighted by atomic mass is 19.1. The minimum atomic E-state index is -0.641. The van der Waals surface area contributed by atoms with Crippen molar-refractivity contribution in [2.45, 2.75) is 26.4 Å². The summed E-state index contributed by atoms with van der Waals surface area (Å²) in [5, 5.41) is 7.71. The van der Waals surface area contributed by atoms with E-state index in [1.165, 1.54) is 16.8 Å². The molecule has 1 heterocycles. The second-order valence-electron chi connectivity index (χ2n) is 6.11. The minimum Gasteiger partial charge on any atom is -0.496 e. The van der Waals surface area contributed by atoms with Crippen LogP contribution in [0.2, 0.25) is 0 Å². The highest BCUT2D eigenvalue weighted by Crippen LogP contribution is 2.23. The maximum absolute atomic E-state index is 14.0. The number of hydrogen-bond donors (Lipinski definition) is 1. The van der Waals surface area contributed by atoms with Gasteiger partial charge in [0, 0.05) is 35.5 Å². The van der Waals surface area contributed by atoms with Crippen LogP contribution in [0.4, 0.5) is 8.78 Å². The van der Waals surface area contributed by atoms with Crippen molar-refractivity contribution in [1.82, 2.24) is 15.1 Å². The van der Waals surface area contributed by atoms with Gasteiger partial charge in [0.25, 0.3) is 0 Å². The van der Waals surface area contributed by atoms with E-state index >= 15 is 0 Å². The Balaban J connectivity index is 1.78. The predicted molar refractivity (Wildman–Crippen MR) is 96.5 cm³/mol. The number of para-hydroxylation sites is 1. The van der Waals surface area contributed by atoms with Crippen LogP contribution in [0.1, 0.15) is 29.8 Å². The molecule has 0 aliphatic carbocycles. The number of benzene rings is 2. The van der Waals surface area contributed by atoms with Crippen LogP contribution >= 0.6 is 0 Å². The molecule has 0 aliphatic rings. The molecule has 0 radical (unpaired) electrons. The van der Waals surface area contributed by atoms with E-state index in [0.717, 1.165) is 28.6 Å². The fourth-order valence-electron chi connectivity index (χ4n) is 2.97. The van der Waals surface area contributed by atoms with Gasteiger partial charge >= 0.3 is 0 Å². The molecule has 0 aliphatic heterocycles. The fourth-order valence-corrected chi connectivity index (χ4v) is 2.97. The number of rotatable bonds is 6. The zero-order valence-corrected chi connectivity index (χ0v) is 15.0. The highest BCUT2D eigenvalue weighted by molar-refractivity contribution is 5.37. The van der Waals surface area contributed by atoms with E-state index in [0.29, 0.717) is 6.54 Å². The normalized spacial score (nSPS) is 12.2. The molecule has 3 rings (SSSR count). The summed E-state index contributed by atoms with van der Waals surface area (Å²) in [5.74, 6) is -0.423. The van der Waals surface area contributed by atoms with Crippen molar-refractivity contribution in [2.24, 2.45) is 0 Å². The summed E-state index contributed by atoms with van der Waals surface area (Å²) in [7, 11) is 1.65. The molecular weight excluding hydrogens is 336 g/mol. The van der Waals surface area contributed by atoms with E-state index in [-0.39, 0.29) is 11.7 Å². The molecule has 136 valence electrons. The fraction of sp³-hybridized carbons (Fsp3) is 0.250. The Hall–Kier alpha value is -2.73. The van der Waals surface area contributed by atoms with Crippen LogP contribution in [-0.4, -0.2) is 16.9 Å². The third-order valence-electron chi connectivity index (χ3n) is 4.44. The molecule has 4 nitrogen and oxygen atoms in total. The average Bonchev–Trinajstić information content (AvgIpc) is 3.01. The van der Waals surface area contributed by atoms with Gasteiger partial charge < -0.3 is 10.1 Å². The van der Waals surface area contributed by atoms with Crippen molar-refractivity contribution >= 4 is 0 Å². The Kier molecular flexibility index (Phi) is 5.32. The van der Waals surface area contributed by atoms with Crippen molar-refractivity contribution in [3.05, 3.63) is 77.1 Å². The summed E-state index contributed by atoms with van der Waals surface area (Å²) in [6.07, 6.45) is 1.71. The minimum absolute atomic E-state index is 0.00262. The first-order valence-corrected chi connectivity index (χ1v) is 8.36. The van der Waals surface area contributed by atoms with Crippen LogP contribution in [0, 0.1) is 18.6 Å². The van der Waals surface area contributed by atoms with Gasteiger partial charge in [-0.1, -0.05) is 18.2 Å². The van der Waals surface area contributed by atoms with E-state index in [1.807, 2.05) is 38.1 Å². The summed E-state index contributed by atoms with van der Waals surface area (Å²) in [4.78, 5) is 0. The van der Waals surface area contributed by atoms with Gasteiger partial charge in [0.2, 0.25) is 0 Å². The lowest BCUT2D eigenvalue weighted by molar-refractivity contribution is 0.406. The first kappa shape index (κ1) is 18.1. The lowest BCUT2D eigenvalue weighted by Crippen LogP contribution is -2.19. The molecule has 0 amide bonds. The van der Waals surface area contributed by atoms with Crippen molar-refractivity contribution in [1.29, 1.82) is 0 Å². The highest BCUT2D eigenvalue weighted by Gasteiger charge is 2.16. The maximum Gasteiger partial charge on any atom is 0.151 e. The second-order valence-corrected chi connectivity index (χ2v) is 6.11. The lowest BCUT2D eigenvalue weighted by atomic mass is 10.1. The van der Waals surface area contributed by atoms with E-state index < -0.39 is 11.6 Å². The SMILES string of the molecule is COc1ccccc1CN[C@H](C)c1cnn(-c2ccc(F)cc2F)c1C. The first-order chi connectivity index (χ1) is 12.5. The first-order valence-electron chi connectivity index (χ1n) is 8.36. The predicted octanol–water partition coefficient (Wildman–Crippen LogP) is 4.32. The van der Waals surface area contributed by atoms with Gasteiger partial charge in [-0.15, -0.1) is 0 Å². The molecule has 0 saturated carbocycles. The van der Waals surface area contributed by atoms with Crippen molar-refractivity contribution in [3.8, 4) is 11.4 Å². The van der Waals surface area contributed by atoms with Gasteiger partial charge in [0.15, 0.2) is 5.82 Å². The van der Waals surface area contributed by atoms with Crippen molar-refractivity contribution in [2.75, 3.05) is 7.11 Å². The number of nitrogens with zero attached hydrogens (tertiary/aromatic N) is 2. The van der Waals surface area contributed by atoms with Crippen LogP contribution in [0.25, 0.3) is 5.69 Å². The number of hydrogen-bond acceptors (Lipinski definition) is 3. The van der Waals surface area contributed by atoms with Gasteiger partial charge in [-0.25, -0.2) is 13.5 Å². The number of methoxy groups -OCH3 is 1. The Bertz CT molecular complexity index is 908. The Morgan fingerprint density at radius 1 is 1.19 bits per heavy atom. The summed E-state index contributed by atoms with van der Waals surface area (Å²) < 4.78 is 34.0. The number of halogens is 2. The monoisotopic (exact) mass is 357 g/mol. The zero-order chi connectivity index (χ0) is 18.7. The lowest BCUT2D eigenvalue weighted by Gasteiger charge is -2.16. The van der Waals surface area contributed by atoms with Crippen LogP contribution < -0.4 is 10.1 Å². The van der Waals surface area contributed by atoms with Gasteiger partial charge in [-0.05, 0) is 32.0 Å². The van der Waals surface area contributed by atoms with Gasteiger partial charge in [0.05, 0.1) is 13.3 Å². The molecule has 1 atom stereocenters. The molecule has 0 bridgehead atoms. The molecule has 6 heteroatoms. The molecule has 0 spiro atoms. The average molecular weight is 357 g/mol. The summed E-state index contributed by atoms with van der Waals surface area (Å²) in [5.41, 5.74) is 3.03. The molecule has 0 unspecified atom stereocenters. The zero-order valence-electron chi connectivity index (χ0n) is 15.0.